The summed E-state index contributed by atoms with van der Waals surface area (Å²) < 4.78 is 0. The molecule has 0 aliphatic heterocycles. The summed E-state index contributed by atoms with van der Waals surface area (Å²) in [6.07, 6.45) is 0.319. The number of para-hydroxylation sites is 1. The summed E-state index contributed by atoms with van der Waals surface area (Å²) >= 11 is 0. The average Bonchev–Trinajstić information content (AvgIpc) is 2.75. The Morgan fingerprint density at radius 3 is 2.29 bits per heavy atom. The smallest absolute Gasteiger partial charge is 0.224 e. The largest absolute Gasteiger partial charge is 0.349 e. The van der Waals surface area contributed by atoms with E-state index < -0.39 is 0 Å². The monoisotopic (exact) mass is 366 g/mol. The number of nitrogens with zero attached hydrogens (tertiary/aromatic N) is 1. The number of benzene rings is 3. The zero-order valence-corrected chi connectivity index (χ0v) is 15.8. The van der Waals surface area contributed by atoms with E-state index in [-0.39, 0.29) is 11.9 Å². The van der Waals surface area contributed by atoms with Crippen molar-refractivity contribution in [2.45, 2.75) is 19.4 Å². The lowest BCUT2D eigenvalue weighted by atomic mass is 10.0. The molecule has 0 radical (unpaired) electrons. The first-order valence-electron chi connectivity index (χ1n) is 9.49. The highest BCUT2D eigenvalue weighted by molar-refractivity contribution is 5.90. The van der Waals surface area contributed by atoms with Crippen LogP contribution in [0, 0.1) is 0 Å². The molecule has 0 saturated carbocycles. The van der Waals surface area contributed by atoms with Crippen LogP contribution in [0.4, 0.5) is 0 Å². The van der Waals surface area contributed by atoms with Gasteiger partial charge in [0.15, 0.2) is 0 Å². The number of aromatic nitrogens is 1. The normalized spacial score (nSPS) is 11.9. The Morgan fingerprint density at radius 2 is 1.54 bits per heavy atom. The second-order valence-electron chi connectivity index (χ2n) is 6.93. The Balaban J connectivity index is 1.63. The lowest BCUT2D eigenvalue weighted by Crippen LogP contribution is -2.28. The highest BCUT2D eigenvalue weighted by Crippen LogP contribution is 2.25. The molecule has 1 aromatic heterocycles. The van der Waals surface area contributed by atoms with Crippen LogP contribution in [0.15, 0.2) is 91.0 Å². The van der Waals surface area contributed by atoms with Crippen molar-refractivity contribution in [1.29, 1.82) is 0 Å². The van der Waals surface area contributed by atoms with Crippen LogP contribution in [0.5, 0.6) is 0 Å². The van der Waals surface area contributed by atoms with E-state index in [0.29, 0.717) is 6.42 Å². The first-order chi connectivity index (χ1) is 13.7. The zero-order chi connectivity index (χ0) is 19.3. The molecule has 0 aliphatic carbocycles. The first kappa shape index (κ1) is 17.9. The third kappa shape index (κ3) is 3.94. The van der Waals surface area contributed by atoms with Gasteiger partial charge in [-0.15, -0.1) is 0 Å². The Morgan fingerprint density at radius 1 is 0.893 bits per heavy atom. The van der Waals surface area contributed by atoms with Gasteiger partial charge in [-0.25, -0.2) is 4.98 Å². The van der Waals surface area contributed by atoms with Crippen molar-refractivity contribution in [3.63, 3.8) is 0 Å². The van der Waals surface area contributed by atoms with Crippen molar-refractivity contribution in [3.05, 3.63) is 102 Å². The molecular formula is C25H22N2O. The maximum Gasteiger partial charge on any atom is 0.224 e. The third-order valence-electron chi connectivity index (χ3n) is 4.90. The van der Waals surface area contributed by atoms with Crippen LogP contribution in [0.2, 0.25) is 0 Å². The van der Waals surface area contributed by atoms with Gasteiger partial charge in [-0.2, -0.15) is 0 Å². The number of hydrogen-bond donors (Lipinski definition) is 1. The molecule has 0 fully saturated rings. The Hall–Kier alpha value is -3.46. The third-order valence-corrected chi connectivity index (χ3v) is 4.90. The molecule has 0 saturated heterocycles. The van der Waals surface area contributed by atoms with Crippen molar-refractivity contribution in [2.75, 3.05) is 0 Å². The summed E-state index contributed by atoms with van der Waals surface area (Å²) in [5.74, 6) is 0.00622. The summed E-state index contributed by atoms with van der Waals surface area (Å²) in [4.78, 5) is 17.5. The molecule has 4 rings (SSSR count). The number of carbonyl (C=O) groups excluding carboxylic acids is 1. The minimum atomic E-state index is -0.0320. The van der Waals surface area contributed by atoms with E-state index in [1.54, 1.807) is 0 Å². The molecule has 0 unspecified atom stereocenters. The van der Waals surface area contributed by atoms with Crippen LogP contribution in [0.3, 0.4) is 0 Å². The number of rotatable bonds is 5. The Bertz CT molecular complexity index is 1090. The minimum absolute atomic E-state index is 0.00622. The Labute approximate surface area is 165 Å². The Kier molecular flexibility index (Phi) is 5.16. The fourth-order valence-corrected chi connectivity index (χ4v) is 3.44. The zero-order valence-electron chi connectivity index (χ0n) is 15.8. The molecule has 3 aromatic carbocycles. The maximum absolute atomic E-state index is 12.8. The SMILES string of the molecule is C[C@@H](NC(=O)Cc1cc(-c2ccccc2)nc2ccccc12)c1ccccc1. The van der Waals surface area contributed by atoms with Crippen LogP contribution in [0.25, 0.3) is 22.2 Å². The van der Waals surface area contributed by atoms with Gasteiger partial charge in [0, 0.05) is 10.9 Å². The van der Waals surface area contributed by atoms with Gasteiger partial charge < -0.3 is 5.32 Å². The van der Waals surface area contributed by atoms with Crippen LogP contribution < -0.4 is 5.32 Å². The van der Waals surface area contributed by atoms with Gasteiger partial charge >= 0.3 is 0 Å². The lowest BCUT2D eigenvalue weighted by molar-refractivity contribution is -0.121. The van der Waals surface area contributed by atoms with Crippen molar-refractivity contribution in [2.24, 2.45) is 0 Å². The quantitative estimate of drug-likeness (QED) is 0.519. The predicted molar refractivity (Wildman–Crippen MR) is 114 cm³/mol. The fraction of sp³-hybridized carbons (Fsp3) is 0.120. The number of carbonyl (C=O) groups is 1. The minimum Gasteiger partial charge on any atom is -0.349 e. The van der Waals surface area contributed by atoms with Crippen LogP contribution in [-0.4, -0.2) is 10.9 Å². The molecule has 0 spiro atoms. The van der Waals surface area contributed by atoms with Gasteiger partial charge in [-0.1, -0.05) is 78.9 Å². The van der Waals surface area contributed by atoms with Gasteiger partial charge in [0.2, 0.25) is 5.91 Å². The van der Waals surface area contributed by atoms with E-state index in [9.17, 15) is 4.79 Å². The number of amides is 1. The number of pyridine rings is 1. The van der Waals surface area contributed by atoms with Gasteiger partial charge in [0.25, 0.3) is 0 Å². The van der Waals surface area contributed by atoms with Crippen molar-refractivity contribution in [3.8, 4) is 11.3 Å². The van der Waals surface area contributed by atoms with Gasteiger partial charge in [0.05, 0.1) is 23.7 Å². The summed E-state index contributed by atoms with van der Waals surface area (Å²) in [6, 6.07) is 30.1. The maximum atomic E-state index is 12.8. The average molecular weight is 366 g/mol. The van der Waals surface area contributed by atoms with Gasteiger partial charge in [-0.3, -0.25) is 4.79 Å². The summed E-state index contributed by atoms with van der Waals surface area (Å²) in [7, 11) is 0. The van der Waals surface area contributed by atoms with E-state index in [1.807, 2.05) is 97.9 Å². The summed E-state index contributed by atoms with van der Waals surface area (Å²) in [5.41, 5.74) is 4.93. The van der Waals surface area contributed by atoms with Crippen LogP contribution in [-0.2, 0) is 11.2 Å². The van der Waals surface area contributed by atoms with Gasteiger partial charge in [-0.05, 0) is 30.2 Å². The van der Waals surface area contributed by atoms with Crippen molar-refractivity contribution < 1.29 is 4.79 Å². The van der Waals surface area contributed by atoms with E-state index in [2.05, 4.69) is 5.32 Å². The number of hydrogen-bond acceptors (Lipinski definition) is 2. The highest BCUT2D eigenvalue weighted by Gasteiger charge is 2.13. The lowest BCUT2D eigenvalue weighted by Gasteiger charge is -2.15. The highest BCUT2D eigenvalue weighted by atomic mass is 16.1. The molecule has 1 amide bonds. The molecule has 28 heavy (non-hydrogen) atoms. The topological polar surface area (TPSA) is 42.0 Å². The molecule has 3 nitrogen and oxygen atoms in total. The molecule has 1 N–H and O–H groups in total. The van der Waals surface area contributed by atoms with E-state index in [4.69, 9.17) is 4.98 Å². The van der Waals surface area contributed by atoms with Crippen LogP contribution >= 0.6 is 0 Å². The molecule has 1 atom stereocenters. The molecular weight excluding hydrogens is 344 g/mol. The summed E-state index contributed by atoms with van der Waals surface area (Å²) in [6.45, 7) is 2.01. The molecule has 0 aliphatic rings. The molecule has 3 heteroatoms. The standard InChI is InChI=1S/C25H22N2O/c1-18(19-10-4-2-5-11-19)26-25(28)17-21-16-24(20-12-6-3-7-13-20)27-23-15-9-8-14-22(21)23/h2-16,18H,17H2,1H3,(H,26,28)/t18-/m1/s1. The molecule has 1 heterocycles. The number of nitrogens with one attached hydrogen (secondary N) is 1. The second kappa shape index (κ2) is 8.05. The van der Waals surface area contributed by atoms with E-state index in [0.717, 1.165) is 33.3 Å². The molecule has 0 bridgehead atoms. The van der Waals surface area contributed by atoms with Crippen molar-refractivity contribution >= 4 is 16.8 Å². The number of fused-ring (bicyclic) bond motifs is 1. The second-order valence-corrected chi connectivity index (χ2v) is 6.93. The predicted octanol–water partition coefficient (Wildman–Crippen LogP) is 5.32. The van der Waals surface area contributed by atoms with E-state index >= 15 is 0 Å². The van der Waals surface area contributed by atoms with Gasteiger partial charge in [0.1, 0.15) is 0 Å². The molecule has 4 aromatic rings. The first-order valence-corrected chi connectivity index (χ1v) is 9.49. The van der Waals surface area contributed by atoms with Crippen molar-refractivity contribution in [1.82, 2.24) is 10.3 Å². The molecule has 138 valence electrons. The fourth-order valence-electron chi connectivity index (χ4n) is 3.44. The summed E-state index contributed by atoms with van der Waals surface area (Å²) in [5, 5.41) is 4.13. The van der Waals surface area contributed by atoms with E-state index in [1.165, 1.54) is 0 Å². The van der Waals surface area contributed by atoms with Crippen LogP contribution in [0.1, 0.15) is 24.1 Å².